The first-order valence-corrected chi connectivity index (χ1v) is 9.69. The van der Waals surface area contributed by atoms with Crippen LogP contribution in [-0.2, 0) is 0 Å². The molecule has 0 radical (unpaired) electrons. The Morgan fingerprint density at radius 1 is 0.762 bits per heavy atom. The van der Waals surface area contributed by atoms with Crippen molar-refractivity contribution in [3.8, 4) is 0 Å². The van der Waals surface area contributed by atoms with Crippen molar-refractivity contribution in [2.45, 2.75) is 110 Å². The first-order chi connectivity index (χ1) is 10.3. The fourth-order valence-electron chi connectivity index (χ4n) is 2.91. The van der Waals surface area contributed by atoms with Gasteiger partial charge in [0.1, 0.15) is 0 Å². The standard InChI is InChI=1S/C20H41N/c1-4-7-9-10-11-12-13-14-16-18-20(21-19-6-3)17-15-8-5-2/h5,20-21H,2,4,6-19H2,1,3H3. The van der Waals surface area contributed by atoms with Gasteiger partial charge in [0.25, 0.3) is 0 Å². The molecule has 0 saturated heterocycles. The van der Waals surface area contributed by atoms with Crippen LogP contribution in [0, 0.1) is 0 Å². The van der Waals surface area contributed by atoms with Crippen molar-refractivity contribution in [2.24, 2.45) is 0 Å². The van der Waals surface area contributed by atoms with E-state index < -0.39 is 0 Å². The maximum absolute atomic E-state index is 3.82. The zero-order chi connectivity index (χ0) is 15.6. The van der Waals surface area contributed by atoms with Gasteiger partial charge in [-0.25, -0.2) is 0 Å². The van der Waals surface area contributed by atoms with E-state index in [2.05, 4.69) is 31.8 Å². The summed E-state index contributed by atoms with van der Waals surface area (Å²) in [5.74, 6) is 0. The van der Waals surface area contributed by atoms with Crippen molar-refractivity contribution in [1.82, 2.24) is 5.32 Å². The van der Waals surface area contributed by atoms with Gasteiger partial charge < -0.3 is 5.32 Å². The number of rotatable bonds is 17. The summed E-state index contributed by atoms with van der Waals surface area (Å²) in [6.45, 7) is 9.54. The highest BCUT2D eigenvalue weighted by Gasteiger charge is 2.06. The van der Waals surface area contributed by atoms with Crippen molar-refractivity contribution in [2.75, 3.05) is 6.54 Å². The summed E-state index contributed by atoms with van der Waals surface area (Å²) < 4.78 is 0. The number of hydrogen-bond donors (Lipinski definition) is 1. The number of nitrogens with one attached hydrogen (secondary N) is 1. The van der Waals surface area contributed by atoms with Gasteiger partial charge in [-0.15, -0.1) is 6.58 Å². The summed E-state index contributed by atoms with van der Waals surface area (Å²) in [7, 11) is 0. The number of allylic oxidation sites excluding steroid dienone is 1. The molecule has 0 aromatic carbocycles. The van der Waals surface area contributed by atoms with Crippen LogP contribution in [0.3, 0.4) is 0 Å². The van der Waals surface area contributed by atoms with Crippen molar-refractivity contribution in [1.29, 1.82) is 0 Å². The second kappa shape index (κ2) is 17.8. The molecule has 1 heteroatoms. The van der Waals surface area contributed by atoms with Crippen LogP contribution >= 0.6 is 0 Å². The van der Waals surface area contributed by atoms with Crippen LogP contribution in [0.2, 0.25) is 0 Å². The van der Waals surface area contributed by atoms with E-state index in [-0.39, 0.29) is 0 Å². The van der Waals surface area contributed by atoms with Gasteiger partial charge in [0.05, 0.1) is 0 Å². The van der Waals surface area contributed by atoms with Crippen LogP contribution in [0.4, 0.5) is 0 Å². The first-order valence-electron chi connectivity index (χ1n) is 9.69. The molecule has 1 unspecified atom stereocenters. The zero-order valence-electron chi connectivity index (χ0n) is 15.0. The summed E-state index contributed by atoms with van der Waals surface area (Å²) in [6, 6.07) is 0.745. The van der Waals surface area contributed by atoms with E-state index in [1.807, 2.05) is 0 Å². The monoisotopic (exact) mass is 295 g/mol. The van der Waals surface area contributed by atoms with Crippen molar-refractivity contribution in [3.63, 3.8) is 0 Å². The number of unbranched alkanes of at least 4 members (excludes halogenated alkanes) is 9. The smallest absolute Gasteiger partial charge is 0.00671 e. The molecule has 0 spiro atoms. The molecule has 0 aromatic rings. The third kappa shape index (κ3) is 15.9. The molecule has 0 saturated carbocycles. The highest BCUT2D eigenvalue weighted by atomic mass is 14.9. The third-order valence-electron chi connectivity index (χ3n) is 4.30. The average molecular weight is 296 g/mol. The lowest BCUT2D eigenvalue weighted by Gasteiger charge is -2.18. The topological polar surface area (TPSA) is 12.0 Å². The Labute approximate surface area is 135 Å². The Balaban J connectivity index is 3.46. The summed E-state index contributed by atoms with van der Waals surface area (Å²) in [6.07, 6.45) is 21.3. The van der Waals surface area contributed by atoms with Crippen LogP contribution in [-0.4, -0.2) is 12.6 Å². The Bertz CT molecular complexity index is 200. The van der Waals surface area contributed by atoms with Gasteiger partial charge in [0, 0.05) is 6.04 Å². The van der Waals surface area contributed by atoms with Gasteiger partial charge in [0.2, 0.25) is 0 Å². The van der Waals surface area contributed by atoms with E-state index in [4.69, 9.17) is 0 Å². The molecule has 0 heterocycles. The fourth-order valence-corrected chi connectivity index (χ4v) is 2.91. The predicted molar refractivity (Wildman–Crippen MR) is 98.0 cm³/mol. The largest absolute Gasteiger partial charge is 0.314 e. The van der Waals surface area contributed by atoms with Crippen molar-refractivity contribution >= 4 is 0 Å². The maximum atomic E-state index is 3.82. The van der Waals surface area contributed by atoms with Gasteiger partial charge in [-0.1, -0.05) is 77.7 Å². The fraction of sp³-hybridized carbons (Fsp3) is 0.900. The van der Waals surface area contributed by atoms with Gasteiger partial charge >= 0.3 is 0 Å². The molecule has 0 aromatic heterocycles. The molecule has 1 atom stereocenters. The molecule has 1 nitrogen and oxygen atoms in total. The zero-order valence-corrected chi connectivity index (χ0v) is 15.0. The molecule has 1 N–H and O–H groups in total. The molecule has 0 bridgehead atoms. The molecule has 0 rings (SSSR count). The van der Waals surface area contributed by atoms with Gasteiger partial charge in [-0.05, 0) is 38.6 Å². The van der Waals surface area contributed by atoms with E-state index in [0.717, 1.165) is 6.04 Å². The van der Waals surface area contributed by atoms with Crippen molar-refractivity contribution in [3.05, 3.63) is 12.7 Å². The van der Waals surface area contributed by atoms with Gasteiger partial charge in [0.15, 0.2) is 0 Å². The molecule has 126 valence electrons. The second-order valence-corrected chi connectivity index (χ2v) is 6.49. The molecule has 0 fully saturated rings. The quantitative estimate of drug-likeness (QED) is 0.234. The third-order valence-corrected chi connectivity index (χ3v) is 4.30. The molecule has 0 aliphatic heterocycles. The lowest BCUT2D eigenvalue weighted by atomic mass is 10.0. The molecule has 21 heavy (non-hydrogen) atoms. The highest BCUT2D eigenvalue weighted by Crippen LogP contribution is 2.13. The first kappa shape index (κ1) is 20.7. The normalized spacial score (nSPS) is 12.5. The van der Waals surface area contributed by atoms with E-state index in [1.165, 1.54) is 96.4 Å². The van der Waals surface area contributed by atoms with E-state index in [0.29, 0.717) is 0 Å². The Morgan fingerprint density at radius 2 is 1.33 bits per heavy atom. The van der Waals surface area contributed by atoms with E-state index in [9.17, 15) is 0 Å². The van der Waals surface area contributed by atoms with E-state index in [1.54, 1.807) is 0 Å². The van der Waals surface area contributed by atoms with Gasteiger partial charge in [-0.2, -0.15) is 0 Å². The SMILES string of the molecule is C=CCCCC(CCCCCCCCCCC)NCCC. The van der Waals surface area contributed by atoms with Crippen LogP contribution in [0.5, 0.6) is 0 Å². The van der Waals surface area contributed by atoms with Crippen LogP contribution < -0.4 is 5.32 Å². The number of hydrogen-bond acceptors (Lipinski definition) is 1. The molecular weight excluding hydrogens is 254 g/mol. The average Bonchev–Trinajstić information content (AvgIpc) is 2.50. The molecule has 0 amide bonds. The highest BCUT2D eigenvalue weighted by molar-refractivity contribution is 4.71. The Hall–Kier alpha value is -0.300. The molecule has 0 aliphatic rings. The summed E-state index contributed by atoms with van der Waals surface area (Å²) in [5, 5.41) is 3.72. The van der Waals surface area contributed by atoms with E-state index >= 15 is 0 Å². The predicted octanol–water partition coefficient (Wildman–Crippen LogP) is 6.63. The van der Waals surface area contributed by atoms with Crippen LogP contribution in [0.25, 0.3) is 0 Å². The minimum absolute atomic E-state index is 0.745. The lowest BCUT2D eigenvalue weighted by Crippen LogP contribution is -2.29. The van der Waals surface area contributed by atoms with Crippen LogP contribution in [0.15, 0.2) is 12.7 Å². The molecular formula is C20H41N. The second-order valence-electron chi connectivity index (χ2n) is 6.49. The maximum Gasteiger partial charge on any atom is 0.00671 e. The summed E-state index contributed by atoms with van der Waals surface area (Å²) >= 11 is 0. The summed E-state index contributed by atoms with van der Waals surface area (Å²) in [5.41, 5.74) is 0. The molecule has 0 aliphatic carbocycles. The minimum atomic E-state index is 0.745. The Kier molecular flexibility index (Phi) is 17.5. The van der Waals surface area contributed by atoms with Crippen molar-refractivity contribution < 1.29 is 0 Å². The minimum Gasteiger partial charge on any atom is -0.314 e. The summed E-state index contributed by atoms with van der Waals surface area (Å²) in [4.78, 5) is 0. The van der Waals surface area contributed by atoms with Gasteiger partial charge in [-0.3, -0.25) is 0 Å². The van der Waals surface area contributed by atoms with Crippen LogP contribution in [0.1, 0.15) is 104 Å². The Morgan fingerprint density at radius 3 is 1.90 bits per heavy atom. The lowest BCUT2D eigenvalue weighted by molar-refractivity contribution is 0.421.